The van der Waals surface area contributed by atoms with Crippen molar-refractivity contribution in [1.82, 2.24) is 19.4 Å². The summed E-state index contributed by atoms with van der Waals surface area (Å²) in [5.41, 5.74) is 2.55. The number of hydrogen-bond acceptors (Lipinski definition) is 3. The summed E-state index contributed by atoms with van der Waals surface area (Å²) in [6, 6.07) is 10.7. The van der Waals surface area contributed by atoms with Crippen molar-refractivity contribution in [2.75, 3.05) is 13.1 Å². The lowest BCUT2D eigenvalue weighted by molar-refractivity contribution is 0.305. The molecule has 4 rings (SSSR count). The van der Waals surface area contributed by atoms with Crippen LogP contribution in [0.2, 0.25) is 0 Å². The fourth-order valence-electron chi connectivity index (χ4n) is 3.62. The van der Waals surface area contributed by atoms with Crippen LogP contribution >= 0.6 is 0 Å². The Bertz CT molecular complexity index is 802. The molecule has 23 heavy (non-hydrogen) atoms. The van der Waals surface area contributed by atoms with Gasteiger partial charge in [0.25, 0.3) is 0 Å². The largest absolute Gasteiger partial charge is 0.337 e. The van der Waals surface area contributed by atoms with Gasteiger partial charge in [-0.2, -0.15) is 0 Å². The molecule has 0 unspecified atom stereocenters. The molecule has 0 aliphatic carbocycles. The van der Waals surface area contributed by atoms with Crippen LogP contribution in [0, 0.1) is 5.92 Å². The Morgan fingerprint density at radius 3 is 2.91 bits per heavy atom. The van der Waals surface area contributed by atoms with Gasteiger partial charge in [-0.25, -0.2) is 4.98 Å². The van der Waals surface area contributed by atoms with Crippen molar-refractivity contribution in [2.45, 2.75) is 19.4 Å². The minimum atomic E-state index is 0.711. The number of likely N-dealkylation sites (tertiary alicyclic amines) is 1. The Morgan fingerprint density at radius 1 is 1.13 bits per heavy atom. The molecule has 0 amide bonds. The summed E-state index contributed by atoms with van der Waals surface area (Å²) in [5, 5.41) is 1.24. The molecule has 0 radical (unpaired) electrons. The first-order valence-corrected chi connectivity index (χ1v) is 8.31. The van der Waals surface area contributed by atoms with Crippen molar-refractivity contribution in [3.8, 4) is 0 Å². The molecule has 1 aromatic carbocycles. The van der Waals surface area contributed by atoms with Gasteiger partial charge in [-0.3, -0.25) is 9.88 Å². The van der Waals surface area contributed by atoms with E-state index in [-0.39, 0.29) is 0 Å². The third-order valence-corrected chi connectivity index (χ3v) is 4.88. The minimum absolute atomic E-state index is 0.711. The average molecular weight is 306 g/mol. The van der Waals surface area contributed by atoms with Crippen LogP contribution in [-0.4, -0.2) is 32.5 Å². The van der Waals surface area contributed by atoms with Crippen LogP contribution < -0.4 is 0 Å². The van der Waals surface area contributed by atoms with E-state index in [1.165, 1.54) is 17.4 Å². The van der Waals surface area contributed by atoms with Crippen LogP contribution in [0.1, 0.15) is 17.8 Å². The first-order chi connectivity index (χ1) is 11.3. The number of pyridine rings is 1. The standard InChI is InChI=1S/C19H22N4/c1-22-11-9-20-18(22)14-23-10-7-15(13-23)12-17-5-2-4-16-6-3-8-21-19(16)17/h2-6,8-9,11,15H,7,10,12-14H2,1H3/t15-/m0/s1. The zero-order valence-corrected chi connectivity index (χ0v) is 13.5. The lowest BCUT2D eigenvalue weighted by Crippen LogP contribution is -2.22. The number of imidazole rings is 1. The summed E-state index contributed by atoms with van der Waals surface area (Å²) in [6.07, 6.45) is 8.17. The first-order valence-electron chi connectivity index (χ1n) is 8.31. The Labute approximate surface area is 136 Å². The molecule has 3 heterocycles. The van der Waals surface area contributed by atoms with Crippen molar-refractivity contribution in [3.05, 3.63) is 60.3 Å². The second-order valence-corrected chi connectivity index (χ2v) is 6.54. The van der Waals surface area contributed by atoms with Gasteiger partial charge in [0.1, 0.15) is 5.82 Å². The Morgan fingerprint density at radius 2 is 2.04 bits per heavy atom. The van der Waals surface area contributed by atoms with E-state index in [4.69, 9.17) is 0 Å². The Kier molecular flexibility index (Phi) is 3.83. The predicted molar refractivity (Wildman–Crippen MR) is 92.0 cm³/mol. The van der Waals surface area contributed by atoms with Crippen LogP contribution in [0.25, 0.3) is 10.9 Å². The number of benzene rings is 1. The van der Waals surface area contributed by atoms with Crippen molar-refractivity contribution in [1.29, 1.82) is 0 Å². The maximum atomic E-state index is 4.59. The highest BCUT2D eigenvalue weighted by atomic mass is 15.2. The van der Waals surface area contributed by atoms with Gasteiger partial charge in [0.2, 0.25) is 0 Å². The lowest BCUT2D eigenvalue weighted by Gasteiger charge is -2.16. The molecule has 4 nitrogen and oxygen atoms in total. The molecule has 1 aliphatic rings. The van der Waals surface area contributed by atoms with Crippen molar-refractivity contribution >= 4 is 10.9 Å². The molecule has 3 aromatic rings. The van der Waals surface area contributed by atoms with Crippen LogP contribution in [0.4, 0.5) is 0 Å². The van der Waals surface area contributed by atoms with E-state index >= 15 is 0 Å². The van der Waals surface area contributed by atoms with Gasteiger partial charge in [0.15, 0.2) is 0 Å². The van der Waals surface area contributed by atoms with Gasteiger partial charge in [-0.1, -0.05) is 24.3 Å². The van der Waals surface area contributed by atoms with Crippen LogP contribution in [0.3, 0.4) is 0 Å². The monoisotopic (exact) mass is 306 g/mol. The summed E-state index contributed by atoms with van der Waals surface area (Å²) in [5.74, 6) is 1.86. The van der Waals surface area contributed by atoms with E-state index in [1.54, 1.807) is 0 Å². The summed E-state index contributed by atoms with van der Waals surface area (Å²) in [7, 11) is 2.07. The van der Waals surface area contributed by atoms with Crippen LogP contribution in [0.15, 0.2) is 48.9 Å². The van der Waals surface area contributed by atoms with E-state index < -0.39 is 0 Å². The minimum Gasteiger partial charge on any atom is -0.337 e. The van der Waals surface area contributed by atoms with Gasteiger partial charge in [-0.05, 0) is 36.9 Å². The predicted octanol–water partition coefficient (Wildman–Crippen LogP) is 3.03. The van der Waals surface area contributed by atoms with Crippen molar-refractivity contribution in [2.24, 2.45) is 13.0 Å². The van der Waals surface area contributed by atoms with Gasteiger partial charge in [-0.15, -0.1) is 0 Å². The molecule has 0 bridgehead atoms. The number of aryl methyl sites for hydroxylation is 1. The molecule has 0 spiro atoms. The highest BCUT2D eigenvalue weighted by Gasteiger charge is 2.24. The van der Waals surface area contributed by atoms with Gasteiger partial charge in [0.05, 0.1) is 12.1 Å². The molecule has 4 heteroatoms. The second-order valence-electron chi connectivity index (χ2n) is 6.54. The Hall–Kier alpha value is -2.20. The van der Waals surface area contributed by atoms with Crippen LogP contribution in [-0.2, 0) is 20.0 Å². The third-order valence-electron chi connectivity index (χ3n) is 4.88. The lowest BCUT2D eigenvalue weighted by atomic mass is 9.97. The van der Waals surface area contributed by atoms with E-state index in [9.17, 15) is 0 Å². The summed E-state index contributed by atoms with van der Waals surface area (Å²) in [6.45, 7) is 3.26. The number of para-hydroxylation sites is 1. The van der Waals surface area contributed by atoms with Gasteiger partial charge >= 0.3 is 0 Å². The quantitative estimate of drug-likeness (QED) is 0.743. The topological polar surface area (TPSA) is 34.0 Å². The fourth-order valence-corrected chi connectivity index (χ4v) is 3.62. The molecule has 0 saturated carbocycles. The molecule has 118 valence electrons. The SMILES string of the molecule is Cn1ccnc1CN1CC[C@@H](Cc2cccc3cccnc23)C1. The highest BCUT2D eigenvalue weighted by Crippen LogP contribution is 2.25. The van der Waals surface area contributed by atoms with Gasteiger partial charge in [0, 0.05) is 37.6 Å². The summed E-state index contributed by atoms with van der Waals surface area (Å²) in [4.78, 5) is 11.5. The van der Waals surface area contributed by atoms with Crippen molar-refractivity contribution in [3.63, 3.8) is 0 Å². The Balaban J connectivity index is 1.45. The zero-order chi connectivity index (χ0) is 15.6. The average Bonchev–Trinajstić information content (AvgIpc) is 3.18. The first kappa shape index (κ1) is 14.4. The summed E-state index contributed by atoms with van der Waals surface area (Å²) < 4.78 is 2.11. The van der Waals surface area contributed by atoms with E-state index in [2.05, 4.69) is 50.7 Å². The second kappa shape index (κ2) is 6.13. The fraction of sp³-hybridized carbons (Fsp3) is 0.368. The number of rotatable bonds is 4. The molecular formula is C19H22N4. The molecule has 2 aromatic heterocycles. The molecule has 0 N–H and O–H groups in total. The number of fused-ring (bicyclic) bond motifs is 1. The molecular weight excluding hydrogens is 284 g/mol. The smallest absolute Gasteiger partial charge is 0.122 e. The van der Waals surface area contributed by atoms with Crippen LogP contribution in [0.5, 0.6) is 0 Å². The third kappa shape index (κ3) is 2.99. The normalized spacial score (nSPS) is 18.7. The van der Waals surface area contributed by atoms with Gasteiger partial charge < -0.3 is 4.57 Å². The highest BCUT2D eigenvalue weighted by molar-refractivity contribution is 5.81. The number of nitrogens with zero attached hydrogens (tertiary/aromatic N) is 4. The molecule has 1 aliphatic heterocycles. The molecule has 1 saturated heterocycles. The van der Waals surface area contributed by atoms with E-state index in [1.807, 2.05) is 24.7 Å². The number of aromatic nitrogens is 3. The maximum Gasteiger partial charge on any atom is 0.122 e. The zero-order valence-electron chi connectivity index (χ0n) is 13.5. The maximum absolute atomic E-state index is 4.59. The summed E-state index contributed by atoms with van der Waals surface area (Å²) >= 11 is 0. The van der Waals surface area contributed by atoms with E-state index in [0.717, 1.165) is 37.4 Å². The molecule has 1 atom stereocenters. The molecule has 1 fully saturated rings. The van der Waals surface area contributed by atoms with Crippen molar-refractivity contribution < 1.29 is 0 Å². The van der Waals surface area contributed by atoms with E-state index in [0.29, 0.717) is 5.92 Å². The number of hydrogen-bond donors (Lipinski definition) is 0.